The predicted octanol–water partition coefficient (Wildman–Crippen LogP) is 1.59. The molecule has 2 atom stereocenters. The minimum atomic E-state index is -0.401. The van der Waals surface area contributed by atoms with Gasteiger partial charge in [-0.15, -0.1) is 0 Å². The van der Waals surface area contributed by atoms with Crippen LogP contribution in [0.2, 0.25) is 0 Å². The third kappa shape index (κ3) is 3.16. The van der Waals surface area contributed by atoms with Gasteiger partial charge in [0.15, 0.2) is 0 Å². The molecule has 0 radical (unpaired) electrons. The Balaban J connectivity index is 1.62. The van der Waals surface area contributed by atoms with E-state index in [4.69, 9.17) is 4.52 Å². The van der Waals surface area contributed by atoms with Crippen LogP contribution in [0.5, 0.6) is 0 Å². The molecule has 1 aromatic heterocycles. The van der Waals surface area contributed by atoms with Crippen molar-refractivity contribution in [2.24, 2.45) is 5.92 Å². The molecule has 23 heavy (non-hydrogen) atoms. The highest BCUT2D eigenvalue weighted by Crippen LogP contribution is 2.27. The van der Waals surface area contributed by atoms with Gasteiger partial charge in [0.2, 0.25) is 11.8 Å². The van der Waals surface area contributed by atoms with Gasteiger partial charge in [0.25, 0.3) is 0 Å². The monoisotopic (exact) mass is 317 g/mol. The first-order valence-electron chi connectivity index (χ1n) is 8.27. The summed E-state index contributed by atoms with van der Waals surface area (Å²) >= 11 is 0. The summed E-state index contributed by atoms with van der Waals surface area (Å²) in [5, 5.41) is 7.03. The van der Waals surface area contributed by atoms with E-state index in [-0.39, 0.29) is 11.8 Å². The van der Waals surface area contributed by atoms with Crippen molar-refractivity contribution in [1.82, 2.24) is 15.4 Å². The Labute approximate surface area is 135 Å². The third-order valence-corrected chi connectivity index (χ3v) is 4.81. The summed E-state index contributed by atoms with van der Waals surface area (Å²) in [7, 11) is 0. The Morgan fingerprint density at radius 3 is 3.09 bits per heavy atom. The first-order valence-corrected chi connectivity index (χ1v) is 8.27. The molecular weight excluding hydrogens is 294 g/mol. The Kier molecular flexibility index (Phi) is 4.50. The standard InChI is InChI=1S/C17H23N3O3/c1-3-16(21)20-8-4-5-14(20)17(22)18-10-13-12-9-11(2)6-7-15(12)23-19-13/h3,11,14H,1,4-10H2,2H3,(H,18,22). The van der Waals surface area contributed by atoms with Crippen LogP contribution < -0.4 is 5.32 Å². The van der Waals surface area contributed by atoms with Crippen LogP contribution >= 0.6 is 0 Å². The molecule has 6 nitrogen and oxygen atoms in total. The maximum absolute atomic E-state index is 12.4. The fourth-order valence-electron chi connectivity index (χ4n) is 3.49. The van der Waals surface area contributed by atoms with Gasteiger partial charge < -0.3 is 14.7 Å². The molecule has 0 spiro atoms. The number of fused-ring (bicyclic) bond motifs is 1. The number of nitrogens with one attached hydrogen (secondary N) is 1. The lowest BCUT2D eigenvalue weighted by Crippen LogP contribution is -2.45. The maximum atomic E-state index is 12.4. The molecule has 1 aliphatic heterocycles. The topological polar surface area (TPSA) is 75.4 Å². The van der Waals surface area contributed by atoms with Crippen LogP contribution in [0.15, 0.2) is 17.2 Å². The van der Waals surface area contributed by atoms with Crippen LogP contribution in [-0.2, 0) is 29.0 Å². The molecule has 1 N–H and O–H groups in total. The Hall–Kier alpha value is -2.11. The summed E-state index contributed by atoms with van der Waals surface area (Å²) in [6.45, 7) is 6.68. The zero-order chi connectivity index (χ0) is 16.4. The molecule has 0 aromatic carbocycles. The number of hydrogen-bond acceptors (Lipinski definition) is 4. The third-order valence-electron chi connectivity index (χ3n) is 4.81. The van der Waals surface area contributed by atoms with Gasteiger partial charge in [-0.1, -0.05) is 18.7 Å². The maximum Gasteiger partial charge on any atom is 0.246 e. The number of amides is 2. The molecule has 2 amide bonds. The quantitative estimate of drug-likeness (QED) is 0.856. The zero-order valence-electron chi connectivity index (χ0n) is 13.5. The highest BCUT2D eigenvalue weighted by Gasteiger charge is 2.33. The van der Waals surface area contributed by atoms with Gasteiger partial charge in [-0.05, 0) is 37.7 Å². The first-order chi connectivity index (χ1) is 11.1. The van der Waals surface area contributed by atoms with Crippen molar-refractivity contribution < 1.29 is 14.1 Å². The summed E-state index contributed by atoms with van der Waals surface area (Å²) in [4.78, 5) is 25.8. The molecule has 1 aliphatic carbocycles. The molecule has 2 aliphatic rings. The summed E-state index contributed by atoms with van der Waals surface area (Å²) in [5.74, 6) is 1.26. The summed E-state index contributed by atoms with van der Waals surface area (Å²) in [6, 6.07) is -0.401. The van der Waals surface area contributed by atoms with Crippen LogP contribution in [0.4, 0.5) is 0 Å². The number of rotatable bonds is 4. The van der Waals surface area contributed by atoms with Gasteiger partial charge in [0.1, 0.15) is 17.5 Å². The lowest BCUT2D eigenvalue weighted by Gasteiger charge is -2.22. The van der Waals surface area contributed by atoms with E-state index in [0.29, 0.717) is 25.4 Å². The molecule has 1 saturated heterocycles. The molecular formula is C17H23N3O3. The lowest BCUT2D eigenvalue weighted by molar-refractivity contribution is -0.135. The van der Waals surface area contributed by atoms with Gasteiger partial charge >= 0.3 is 0 Å². The van der Waals surface area contributed by atoms with E-state index in [2.05, 4.69) is 24.0 Å². The molecule has 0 saturated carbocycles. The van der Waals surface area contributed by atoms with Gasteiger partial charge in [-0.3, -0.25) is 9.59 Å². The number of aryl methyl sites for hydroxylation is 1. The molecule has 2 unspecified atom stereocenters. The largest absolute Gasteiger partial charge is 0.361 e. The van der Waals surface area contributed by atoms with E-state index < -0.39 is 6.04 Å². The fourth-order valence-corrected chi connectivity index (χ4v) is 3.49. The zero-order valence-corrected chi connectivity index (χ0v) is 13.5. The predicted molar refractivity (Wildman–Crippen MR) is 84.5 cm³/mol. The van der Waals surface area contributed by atoms with Crippen molar-refractivity contribution in [1.29, 1.82) is 0 Å². The highest BCUT2D eigenvalue weighted by molar-refractivity contribution is 5.93. The van der Waals surface area contributed by atoms with Gasteiger partial charge in [-0.25, -0.2) is 0 Å². The van der Waals surface area contributed by atoms with Crippen molar-refractivity contribution in [3.8, 4) is 0 Å². The van der Waals surface area contributed by atoms with Crippen molar-refractivity contribution >= 4 is 11.8 Å². The van der Waals surface area contributed by atoms with Crippen LogP contribution in [-0.4, -0.2) is 34.5 Å². The molecule has 1 fully saturated rings. The molecule has 2 heterocycles. The number of likely N-dealkylation sites (tertiary alicyclic amines) is 1. The number of hydrogen-bond donors (Lipinski definition) is 1. The molecule has 1 aromatic rings. The first kappa shape index (κ1) is 15.8. The number of carbonyl (C=O) groups excluding carboxylic acids is 2. The SMILES string of the molecule is C=CC(=O)N1CCCC1C(=O)NCc1noc2c1CC(C)CC2. The van der Waals surface area contributed by atoms with E-state index in [9.17, 15) is 9.59 Å². The second-order valence-corrected chi connectivity index (χ2v) is 6.49. The smallest absolute Gasteiger partial charge is 0.246 e. The minimum absolute atomic E-state index is 0.127. The van der Waals surface area contributed by atoms with Crippen LogP contribution in [0.3, 0.4) is 0 Å². The average molecular weight is 317 g/mol. The fraction of sp³-hybridized carbons (Fsp3) is 0.588. The summed E-state index contributed by atoms with van der Waals surface area (Å²) < 4.78 is 5.39. The van der Waals surface area contributed by atoms with E-state index in [1.807, 2.05) is 0 Å². The Bertz CT molecular complexity index is 623. The van der Waals surface area contributed by atoms with E-state index in [0.717, 1.165) is 42.7 Å². The van der Waals surface area contributed by atoms with Crippen LogP contribution in [0.1, 0.15) is 43.2 Å². The van der Waals surface area contributed by atoms with Crippen LogP contribution in [0, 0.1) is 5.92 Å². The molecule has 124 valence electrons. The molecule has 6 heteroatoms. The van der Waals surface area contributed by atoms with E-state index in [1.54, 1.807) is 4.90 Å². The summed E-state index contributed by atoms with van der Waals surface area (Å²) in [5.41, 5.74) is 1.97. The minimum Gasteiger partial charge on any atom is -0.361 e. The number of aromatic nitrogens is 1. The second kappa shape index (κ2) is 6.56. The second-order valence-electron chi connectivity index (χ2n) is 6.49. The van der Waals surface area contributed by atoms with Gasteiger partial charge in [-0.2, -0.15) is 0 Å². The van der Waals surface area contributed by atoms with Crippen molar-refractivity contribution in [3.63, 3.8) is 0 Å². The van der Waals surface area contributed by atoms with E-state index >= 15 is 0 Å². The van der Waals surface area contributed by atoms with Gasteiger partial charge in [0.05, 0.1) is 6.54 Å². The normalized spacial score (nSPS) is 23.4. The number of nitrogens with zero attached hydrogens (tertiary/aromatic N) is 2. The van der Waals surface area contributed by atoms with Crippen molar-refractivity contribution in [3.05, 3.63) is 29.7 Å². The average Bonchev–Trinajstić information content (AvgIpc) is 3.18. The molecule has 0 bridgehead atoms. The lowest BCUT2D eigenvalue weighted by atomic mass is 9.88. The summed E-state index contributed by atoms with van der Waals surface area (Å²) in [6.07, 6.45) is 5.79. The Morgan fingerprint density at radius 1 is 1.48 bits per heavy atom. The van der Waals surface area contributed by atoms with E-state index in [1.165, 1.54) is 6.08 Å². The Morgan fingerprint density at radius 2 is 2.30 bits per heavy atom. The van der Waals surface area contributed by atoms with Crippen LogP contribution in [0.25, 0.3) is 0 Å². The molecule has 3 rings (SSSR count). The van der Waals surface area contributed by atoms with Crippen molar-refractivity contribution in [2.75, 3.05) is 6.54 Å². The highest BCUT2D eigenvalue weighted by atomic mass is 16.5. The van der Waals surface area contributed by atoms with Gasteiger partial charge in [0, 0.05) is 18.5 Å². The number of carbonyl (C=O) groups is 2. The van der Waals surface area contributed by atoms with Crippen molar-refractivity contribution in [2.45, 2.75) is 51.6 Å².